The van der Waals surface area contributed by atoms with Gasteiger partial charge in [0.2, 0.25) is 0 Å². The van der Waals surface area contributed by atoms with Crippen LogP contribution < -0.4 is 5.32 Å². The number of nitrogens with zero attached hydrogens (tertiary/aromatic N) is 1. The SMILES string of the molecule is CCOC(=O)CCC1CCN(C2CCNCC2)CC1. The van der Waals surface area contributed by atoms with Gasteiger partial charge in [0.25, 0.3) is 0 Å². The van der Waals surface area contributed by atoms with Gasteiger partial charge in [0.05, 0.1) is 6.61 Å². The number of rotatable bonds is 5. The first-order chi connectivity index (χ1) is 9.29. The van der Waals surface area contributed by atoms with Gasteiger partial charge < -0.3 is 15.0 Å². The lowest BCUT2D eigenvalue weighted by atomic mass is 9.90. The summed E-state index contributed by atoms with van der Waals surface area (Å²) in [6.07, 6.45) is 6.72. The van der Waals surface area contributed by atoms with Crippen molar-refractivity contribution in [1.82, 2.24) is 10.2 Å². The molecule has 0 aromatic carbocycles. The molecule has 2 aliphatic rings. The Labute approximate surface area is 116 Å². The van der Waals surface area contributed by atoms with Crippen molar-refractivity contribution in [2.24, 2.45) is 5.92 Å². The van der Waals surface area contributed by atoms with Crippen LogP contribution in [0.4, 0.5) is 0 Å². The predicted octanol–water partition coefficient (Wildman–Crippen LogP) is 1.79. The number of piperidine rings is 2. The van der Waals surface area contributed by atoms with Crippen LogP contribution in [0.25, 0.3) is 0 Å². The zero-order valence-corrected chi connectivity index (χ0v) is 12.2. The average Bonchev–Trinajstić information content (AvgIpc) is 2.47. The van der Waals surface area contributed by atoms with Crippen LogP contribution in [0.15, 0.2) is 0 Å². The Morgan fingerprint density at radius 2 is 1.89 bits per heavy atom. The van der Waals surface area contributed by atoms with E-state index in [0.29, 0.717) is 13.0 Å². The van der Waals surface area contributed by atoms with Crippen LogP contribution in [-0.2, 0) is 9.53 Å². The quantitative estimate of drug-likeness (QED) is 0.772. The fourth-order valence-corrected chi connectivity index (χ4v) is 3.33. The number of ether oxygens (including phenoxy) is 1. The van der Waals surface area contributed by atoms with E-state index in [1.54, 1.807) is 0 Å². The van der Waals surface area contributed by atoms with Crippen molar-refractivity contribution >= 4 is 5.97 Å². The summed E-state index contributed by atoms with van der Waals surface area (Å²) in [6.45, 7) is 7.17. The summed E-state index contributed by atoms with van der Waals surface area (Å²) in [5.74, 6) is 0.700. The van der Waals surface area contributed by atoms with Gasteiger partial charge in [-0.15, -0.1) is 0 Å². The third-order valence-corrected chi connectivity index (χ3v) is 4.54. The first-order valence-corrected chi connectivity index (χ1v) is 7.90. The fourth-order valence-electron chi connectivity index (χ4n) is 3.33. The standard InChI is InChI=1S/C15H28N2O2/c1-2-19-15(18)4-3-13-7-11-17(12-8-13)14-5-9-16-10-6-14/h13-14,16H,2-12H2,1H3. The predicted molar refractivity (Wildman–Crippen MR) is 76.1 cm³/mol. The van der Waals surface area contributed by atoms with Gasteiger partial charge in [0.1, 0.15) is 0 Å². The van der Waals surface area contributed by atoms with Crippen molar-refractivity contribution in [1.29, 1.82) is 0 Å². The lowest BCUT2D eigenvalue weighted by Crippen LogP contribution is -2.46. The number of esters is 1. The topological polar surface area (TPSA) is 41.6 Å². The van der Waals surface area contributed by atoms with Crippen LogP contribution in [0.2, 0.25) is 0 Å². The van der Waals surface area contributed by atoms with E-state index in [2.05, 4.69) is 10.2 Å². The summed E-state index contributed by atoms with van der Waals surface area (Å²) < 4.78 is 4.99. The van der Waals surface area contributed by atoms with Gasteiger partial charge in [-0.05, 0) is 71.1 Å². The second-order valence-corrected chi connectivity index (χ2v) is 5.80. The van der Waals surface area contributed by atoms with Crippen LogP contribution >= 0.6 is 0 Å². The zero-order valence-electron chi connectivity index (χ0n) is 12.2. The fraction of sp³-hybridized carbons (Fsp3) is 0.933. The Hall–Kier alpha value is -0.610. The van der Waals surface area contributed by atoms with Gasteiger partial charge in [-0.25, -0.2) is 0 Å². The third kappa shape index (κ3) is 4.77. The first kappa shape index (κ1) is 14.8. The minimum Gasteiger partial charge on any atom is -0.466 e. The van der Waals surface area contributed by atoms with Crippen LogP contribution in [0.5, 0.6) is 0 Å². The Morgan fingerprint density at radius 3 is 2.53 bits per heavy atom. The molecule has 0 unspecified atom stereocenters. The number of likely N-dealkylation sites (tertiary alicyclic amines) is 1. The molecule has 4 heteroatoms. The van der Waals surface area contributed by atoms with Crippen LogP contribution in [-0.4, -0.2) is 49.7 Å². The van der Waals surface area contributed by atoms with Crippen molar-refractivity contribution in [3.05, 3.63) is 0 Å². The molecule has 1 N–H and O–H groups in total. The highest BCUT2D eigenvalue weighted by Crippen LogP contribution is 2.25. The lowest BCUT2D eigenvalue weighted by Gasteiger charge is -2.39. The molecule has 0 spiro atoms. The minimum absolute atomic E-state index is 0.0247. The molecule has 2 fully saturated rings. The molecule has 0 bridgehead atoms. The third-order valence-electron chi connectivity index (χ3n) is 4.54. The van der Waals surface area contributed by atoms with E-state index in [4.69, 9.17) is 4.74 Å². The lowest BCUT2D eigenvalue weighted by molar-refractivity contribution is -0.143. The molecular weight excluding hydrogens is 240 g/mol. The molecule has 0 saturated carbocycles. The molecule has 2 aliphatic heterocycles. The molecule has 0 amide bonds. The molecule has 19 heavy (non-hydrogen) atoms. The molecule has 110 valence electrons. The maximum atomic E-state index is 11.4. The van der Waals surface area contributed by atoms with Gasteiger partial charge in [-0.3, -0.25) is 4.79 Å². The van der Waals surface area contributed by atoms with Crippen LogP contribution in [0.3, 0.4) is 0 Å². The van der Waals surface area contributed by atoms with E-state index in [1.165, 1.54) is 51.9 Å². The Morgan fingerprint density at radius 1 is 1.21 bits per heavy atom. The van der Waals surface area contributed by atoms with E-state index < -0.39 is 0 Å². The molecular formula is C15H28N2O2. The molecule has 0 atom stereocenters. The van der Waals surface area contributed by atoms with Crippen molar-refractivity contribution in [2.45, 2.75) is 51.5 Å². The summed E-state index contributed by atoms with van der Waals surface area (Å²) in [7, 11) is 0. The molecule has 4 nitrogen and oxygen atoms in total. The van der Waals surface area contributed by atoms with E-state index in [9.17, 15) is 4.79 Å². The number of hydrogen-bond acceptors (Lipinski definition) is 4. The molecule has 0 aromatic heterocycles. The van der Waals surface area contributed by atoms with E-state index in [0.717, 1.165) is 18.4 Å². The monoisotopic (exact) mass is 268 g/mol. The zero-order chi connectivity index (χ0) is 13.5. The van der Waals surface area contributed by atoms with Crippen LogP contribution in [0.1, 0.15) is 45.4 Å². The highest BCUT2D eigenvalue weighted by Gasteiger charge is 2.26. The van der Waals surface area contributed by atoms with Gasteiger partial charge >= 0.3 is 5.97 Å². The van der Waals surface area contributed by atoms with Gasteiger partial charge in [-0.2, -0.15) is 0 Å². The van der Waals surface area contributed by atoms with Crippen molar-refractivity contribution in [2.75, 3.05) is 32.8 Å². The largest absolute Gasteiger partial charge is 0.466 e. The van der Waals surface area contributed by atoms with Crippen LogP contribution in [0, 0.1) is 5.92 Å². The van der Waals surface area contributed by atoms with Crippen molar-refractivity contribution in [3.63, 3.8) is 0 Å². The molecule has 2 saturated heterocycles. The molecule has 0 aromatic rings. The van der Waals surface area contributed by atoms with E-state index in [-0.39, 0.29) is 5.97 Å². The summed E-state index contributed by atoms with van der Waals surface area (Å²) >= 11 is 0. The summed E-state index contributed by atoms with van der Waals surface area (Å²) in [5, 5.41) is 3.43. The van der Waals surface area contributed by atoms with Crippen molar-refractivity contribution in [3.8, 4) is 0 Å². The maximum absolute atomic E-state index is 11.4. The molecule has 0 aliphatic carbocycles. The number of hydrogen-bond donors (Lipinski definition) is 1. The van der Waals surface area contributed by atoms with Crippen molar-refractivity contribution < 1.29 is 9.53 Å². The van der Waals surface area contributed by atoms with Gasteiger partial charge in [-0.1, -0.05) is 0 Å². The minimum atomic E-state index is -0.0247. The smallest absolute Gasteiger partial charge is 0.305 e. The summed E-state index contributed by atoms with van der Waals surface area (Å²) in [4.78, 5) is 14.0. The molecule has 0 radical (unpaired) electrons. The first-order valence-electron chi connectivity index (χ1n) is 7.90. The Kier molecular flexibility index (Phi) is 6.11. The average molecular weight is 268 g/mol. The number of nitrogens with one attached hydrogen (secondary N) is 1. The van der Waals surface area contributed by atoms with E-state index >= 15 is 0 Å². The Balaban J connectivity index is 1.63. The van der Waals surface area contributed by atoms with Gasteiger partial charge in [0.15, 0.2) is 0 Å². The summed E-state index contributed by atoms with van der Waals surface area (Å²) in [6, 6.07) is 0.798. The normalized spacial score (nSPS) is 23.4. The van der Waals surface area contributed by atoms with E-state index in [1.807, 2.05) is 6.92 Å². The second-order valence-electron chi connectivity index (χ2n) is 5.80. The number of carbonyl (C=O) groups is 1. The molecule has 2 rings (SSSR count). The highest BCUT2D eigenvalue weighted by molar-refractivity contribution is 5.69. The Bertz CT molecular complexity index is 269. The maximum Gasteiger partial charge on any atom is 0.305 e. The molecule has 2 heterocycles. The van der Waals surface area contributed by atoms with Gasteiger partial charge in [0, 0.05) is 12.5 Å². The second kappa shape index (κ2) is 7.85. The summed E-state index contributed by atoms with van der Waals surface area (Å²) in [5.41, 5.74) is 0. The highest BCUT2D eigenvalue weighted by atomic mass is 16.5. The number of carbonyl (C=O) groups excluding carboxylic acids is 1.